The van der Waals surface area contributed by atoms with Gasteiger partial charge in [0.25, 0.3) is 5.91 Å². The van der Waals surface area contributed by atoms with Crippen LogP contribution in [-0.4, -0.2) is 62.5 Å². The second kappa shape index (κ2) is 6.02. The zero-order chi connectivity index (χ0) is 13.0. The lowest BCUT2D eigenvalue weighted by molar-refractivity contribution is 0.0794. The molecule has 1 N–H and O–H groups in total. The van der Waals surface area contributed by atoms with Crippen molar-refractivity contribution in [1.82, 2.24) is 15.1 Å². The topological polar surface area (TPSA) is 48.7 Å². The summed E-state index contributed by atoms with van der Waals surface area (Å²) in [5, 5.41) is 3.33. The third kappa shape index (κ3) is 3.34. The van der Waals surface area contributed by atoms with Crippen molar-refractivity contribution in [2.45, 2.75) is 6.42 Å². The van der Waals surface area contributed by atoms with Crippen LogP contribution in [0.5, 0.6) is 0 Å². The molecule has 1 aromatic rings. The van der Waals surface area contributed by atoms with E-state index in [2.05, 4.69) is 10.2 Å². The summed E-state index contributed by atoms with van der Waals surface area (Å²) in [6.45, 7) is 5.28. The quantitative estimate of drug-likeness (QED) is 0.843. The monoisotopic (exact) mass is 251 g/mol. The summed E-state index contributed by atoms with van der Waals surface area (Å²) in [6, 6.07) is 3.66. The lowest BCUT2D eigenvalue weighted by Gasteiger charge is -2.26. The molecule has 1 aliphatic heterocycles. The smallest absolute Gasteiger partial charge is 0.289 e. The van der Waals surface area contributed by atoms with E-state index >= 15 is 0 Å². The van der Waals surface area contributed by atoms with E-state index in [1.54, 1.807) is 20.2 Å². The van der Waals surface area contributed by atoms with Gasteiger partial charge >= 0.3 is 0 Å². The van der Waals surface area contributed by atoms with Crippen LogP contribution in [0.3, 0.4) is 0 Å². The highest BCUT2D eigenvalue weighted by molar-refractivity contribution is 5.91. The number of furan rings is 1. The first-order chi connectivity index (χ1) is 8.66. The minimum absolute atomic E-state index is 0.0802. The van der Waals surface area contributed by atoms with E-state index in [4.69, 9.17) is 4.42 Å². The molecule has 100 valence electrons. The van der Waals surface area contributed by atoms with E-state index in [0.29, 0.717) is 5.76 Å². The highest BCUT2D eigenvalue weighted by Crippen LogP contribution is 2.11. The van der Waals surface area contributed by atoms with E-state index in [-0.39, 0.29) is 5.91 Å². The fourth-order valence-electron chi connectivity index (χ4n) is 2.05. The molecule has 0 bridgehead atoms. The maximum absolute atomic E-state index is 11.7. The summed E-state index contributed by atoms with van der Waals surface area (Å²) >= 11 is 0. The molecular weight excluding hydrogens is 230 g/mol. The number of nitrogens with one attached hydrogen (secondary N) is 1. The van der Waals surface area contributed by atoms with Crippen LogP contribution in [0.15, 0.2) is 16.5 Å². The summed E-state index contributed by atoms with van der Waals surface area (Å²) < 4.78 is 5.56. The summed E-state index contributed by atoms with van der Waals surface area (Å²) in [6.07, 6.45) is 0.862. The molecule has 0 unspecified atom stereocenters. The van der Waals surface area contributed by atoms with Crippen LogP contribution in [-0.2, 0) is 6.42 Å². The largest absolute Gasteiger partial charge is 0.456 e. The second-order valence-corrected chi connectivity index (χ2v) is 4.81. The maximum atomic E-state index is 11.7. The maximum Gasteiger partial charge on any atom is 0.289 e. The molecule has 2 rings (SSSR count). The Bertz CT molecular complexity index is 395. The fourth-order valence-corrected chi connectivity index (χ4v) is 2.05. The molecule has 0 radical (unpaired) electrons. The van der Waals surface area contributed by atoms with E-state index in [1.807, 2.05) is 6.07 Å². The van der Waals surface area contributed by atoms with E-state index < -0.39 is 0 Å². The molecule has 0 aliphatic carbocycles. The number of hydrogen-bond acceptors (Lipinski definition) is 4. The number of rotatable bonds is 4. The minimum atomic E-state index is -0.0802. The Balaban J connectivity index is 1.84. The van der Waals surface area contributed by atoms with Crippen molar-refractivity contribution < 1.29 is 9.21 Å². The fraction of sp³-hybridized carbons (Fsp3) is 0.615. The molecule has 0 atom stereocenters. The molecular formula is C13H21N3O2. The van der Waals surface area contributed by atoms with Crippen LogP contribution >= 0.6 is 0 Å². The van der Waals surface area contributed by atoms with Crippen LogP contribution in [0, 0.1) is 0 Å². The van der Waals surface area contributed by atoms with Gasteiger partial charge in [0.15, 0.2) is 5.76 Å². The van der Waals surface area contributed by atoms with Gasteiger partial charge in [-0.3, -0.25) is 4.79 Å². The van der Waals surface area contributed by atoms with Crippen LogP contribution < -0.4 is 5.32 Å². The van der Waals surface area contributed by atoms with Gasteiger partial charge in [-0.25, -0.2) is 0 Å². The molecule has 5 heteroatoms. The molecule has 2 heterocycles. The van der Waals surface area contributed by atoms with Gasteiger partial charge < -0.3 is 19.5 Å². The lowest BCUT2D eigenvalue weighted by atomic mass is 10.3. The minimum Gasteiger partial charge on any atom is -0.456 e. The van der Waals surface area contributed by atoms with Crippen LogP contribution in [0.2, 0.25) is 0 Å². The SMILES string of the molecule is CN(C)C(=O)c1ccc(CCN2CCNCC2)o1. The predicted molar refractivity (Wildman–Crippen MR) is 69.7 cm³/mol. The van der Waals surface area contributed by atoms with Crippen molar-refractivity contribution in [3.05, 3.63) is 23.7 Å². The second-order valence-electron chi connectivity index (χ2n) is 4.81. The molecule has 1 aliphatic rings. The summed E-state index contributed by atoms with van der Waals surface area (Å²) in [7, 11) is 3.45. The van der Waals surface area contributed by atoms with Crippen molar-refractivity contribution in [1.29, 1.82) is 0 Å². The molecule has 5 nitrogen and oxygen atoms in total. The number of carbonyl (C=O) groups excluding carboxylic acids is 1. The van der Waals surface area contributed by atoms with Gasteiger partial charge in [0.1, 0.15) is 5.76 Å². The Kier molecular flexibility index (Phi) is 4.38. The zero-order valence-electron chi connectivity index (χ0n) is 11.1. The first kappa shape index (κ1) is 13.1. The Morgan fingerprint density at radius 1 is 1.39 bits per heavy atom. The van der Waals surface area contributed by atoms with Gasteiger partial charge in [0.05, 0.1) is 0 Å². The van der Waals surface area contributed by atoms with Gasteiger partial charge in [-0.1, -0.05) is 0 Å². The van der Waals surface area contributed by atoms with Gasteiger partial charge in [-0.15, -0.1) is 0 Å². The summed E-state index contributed by atoms with van der Waals surface area (Å²) in [5.41, 5.74) is 0. The highest BCUT2D eigenvalue weighted by atomic mass is 16.4. The molecule has 0 saturated carbocycles. The molecule has 0 aromatic carbocycles. The molecule has 1 aromatic heterocycles. The Morgan fingerprint density at radius 3 is 2.78 bits per heavy atom. The molecule has 0 spiro atoms. The standard InChI is InChI=1S/C13H21N3O2/c1-15(2)13(17)12-4-3-11(18-12)5-8-16-9-6-14-7-10-16/h3-4,14H,5-10H2,1-2H3. The third-order valence-corrected chi connectivity index (χ3v) is 3.16. The van der Waals surface area contributed by atoms with Crippen molar-refractivity contribution in [3.63, 3.8) is 0 Å². The summed E-state index contributed by atoms with van der Waals surface area (Å²) in [5.74, 6) is 1.23. The van der Waals surface area contributed by atoms with E-state index in [9.17, 15) is 4.79 Å². The number of hydrogen-bond donors (Lipinski definition) is 1. The average molecular weight is 251 g/mol. The summed E-state index contributed by atoms with van der Waals surface area (Å²) in [4.78, 5) is 15.6. The number of nitrogens with zero attached hydrogens (tertiary/aromatic N) is 2. The van der Waals surface area contributed by atoms with Crippen LogP contribution in [0.25, 0.3) is 0 Å². The number of piperazine rings is 1. The number of amides is 1. The van der Waals surface area contributed by atoms with Crippen molar-refractivity contribution in [2.24, 2.45) is 0 Å². The van der Waals surface area contributed by atoms with E-state index in [1.165, 1.54) is 4.90 Å². The van der Waals surface area contributed by atoms with Crippen molar-refractivity contribution in [2.75, 3.05) is 46.8 Å². The van der Waals surface area contributed by atoms with E-state index in [0.717, 1.165) is 44.9 Å². The Hall–Kier alpha value is -1.33. The Morgan fingerprint density at radius 2 is 2.11 bits per heavy atom. The van der Waals surface area contributed by atoms with Gasteiger partial charge in [0.2, 0.25) is 0 Å². The predicted octanol–water partition coefficient (Wildman–Crippen LogP) is 0.429. The lowest BCUT2D eigenvalue weighted by Crippen LogP contribution is -2.44. The molecule has 1 saturated heterocycles. The molecule has 18 heavy (non-hydrogen) atoms. The average Bonchev–Trinajstić information content (AvgIpc) is 2.85. The van der Waals surface area contributed by atoms with Gasteiger partial charge in [0, 0.05) is 53.2 Å². The van der Waals surface area contributed by atoms with Gasteiger partial charge in [-0.2, -0.15) is 0 Å². The first-order valence-corrected chi connectivity index (χ1v) is 6.40. The number of carbonyl (C=O) groups is 1. The van der Waals surface area contributed by atoms with Crippen molar-refractivity contribution in [3.8, 4) is 0 Å². The van der Waals surface area contributed by atoms with Gasteiger partial charge in [-0.05, 0) is 12.1 Å². The van der Waals surface area contributed by atoms with Crippen LogP contribution in [0.1, 0.15) is 16.3 Å². The molecule has 1 fully saturated rings. The normalized spacial score (nSPS) is 16.8. The third-order valence-electron chi connectivity index (χ3n) is 3.16. The highest BCUT2D eigenvalue weighted by Gasteiger charge is 2.14. The van der Waals surface area contributed by atoms with Crippen LogP contribution in [0.4, 0.5) is 0 Å². The first-order valence-electron chi connectivity index (χ1n) is 6.40. The Labute approximate surface area is 108 Å². The zero-order valence-corrected chi connectivity index (χ0v) is 11.1. The molecule has 1 amide bonds. The van der Waals surface area contributed by atoms with Crippen molar-refractivity contribution >= 4 is 5.91 Å².